The number of aromatic nitrogens is 5. The van der Waals surface area contributed by atoms with E-state index in [1.165, 1.54) is 39.2 Å². The molecular weight excluding hydrogens is 344 g/mol. The lowest BCUT2D eigenvalue weighted by atomic mass is 10.0. The first-order chi connectivity index (χ1) is 13.3. The van der Waals surface area contributed by atoms with E-state index in [4.69, 9.17) is 14.6 Å². The van der Waals surface area contributed by atoms with E-state index in [0.29, 0.717) is 18.0 Å². The Bertz CT molecular complexity index is 971. The normalized spacial score (nSPS) is 21.6. The third-order valence-electron chi connectivity index (χ3n) is 5.70. The van der Waals surface area contributed by atoms with Crippen molar-refractivity contribution in [3.63, 3.8) is 0 Å². The number of imidazole rings is 1. The van der Waals surface area contributed by atoms with Gasteiger partial charge in [0.15, 0.2) is 5.65 Å². The van der Waals surface area contributed by atoms with Crippen molar-refractivity contribution in [2.24, 2.45) is 0 Å². The number of piperidine rings is 1. The molecule has 0 aliphatic carbocycles. The average Bonchev–Trinajstić information content (AvgIpc) is 3.28. The molecule has 0 N–H and O–H groups in total. The standard InChI is InChI=1S/C19H22N6O2/c1-26-18-14(11-21-19(22-18)27-2)15-10-16(17-20-8-9-24(17)23-15)25-12-4-3-5-13(25)7-6-12/h8-13H,3-7H2,1-2H3. The first kappa shape index (κ1) is 16.3. The van der Waals surface area contributed by atoms with Crippen LogP contribution in [0.5, 0.6) is 11.9 Å². The molecule has 5 heterocycles. The minimum Gasteiger partial charge on any atom is -0.480 e. The van der Waals surface area contributed by atoms with Gasteiger partial charge in [0.1, 0.15) is 5.69 Å². The first-order valence-corrected chi connectivity index (χ1v) is 9.36. The van der Waals surface area contributed by atoms with E-state index < -0.39 is 0 Å². The lowest BCUT2D eigenvalue weighted by molar-refractivity contribution is 0.353. The molecule has 2 fully saturated rings. The van der Waals surface area contributed by atoms with Crippen LogP contribution in [0.3, 0.4) is 0 Å². The molecule has 0 aromatic carbocycles. The van der Waals surface area contributed by atoms with E-state index in [1.807, 2.05) is 10.7 Å². The summed E-state index contributed by atoms with van der Waals surface area (Å²) in [5, 5.41) is 4.72. The maximum absolute atomic E-state index is 5.47. The van der Waals surface area contributed by atoms with E-state index >= 15 is 0 Å². The molecule has 2 aliphatic heterocycles. The van der Waals surface area contributed by atoms with Crippen LogP contribution in [0.15, 0.2) is 24.7 Å². The van der Waals surface area contributed by atoms with Crippen LogP contribution >= 0.6 is 0 Å². The summed E-state index contributed by atoms with van der Waals surface area (Å²) in [5.41, 5.74) is 3.53. The fourth-order valence-corrected chi connectivity index (χ4v) is 4.51. The van der Waals surface area contributed by atoms with Gasteiger partial charge in [-0.25, -0.2) is 14.5 Å². The highest BCUT2D eigenvalue weighted by molar-refractivity contribution is 5.77. The largest absolute Gasteiger partial charge is 0.480 e. The van der Waals surface area contributed by atoms with Gasteiger partial charge in [0.25, 0.3) is 0 Å². The summed E-state index contributed by atoms with van der Waals surface area (Å²) < 4.78 is 12.4. The zero-order valence-electron chi connectivity index (χ0n) is 15.5. The Morgan fingerprint density at radius 1 is 1.04 bits per heavy atom. The quantitative estimate of drug-likeness (QED) is 0.702. The number of methoxy groups -OCH3 is 2. The van der Waals surface area contributed by atoms with Gasteiger partial charge in [-0.15, -0.1) is 0 Å². The molecule has 8 nitrogen and oxygen atoms in total. The van der Waals surface area contributed by atoms with E-state index in [-0.39, 0.29) is 6.01 Å². The Morgan fingerprint density at radius 3 is 2.59 bits per heavy atom. The molecule has 2 saturated heterocycles. The number of ether oxygens (including phenoxy) is 2. The van der Waals surface area contributed by atoms with Crippen LogP contribution in [-0.4, -0.2) is 50.9 Å². The van der Waals surface area contributed by atoms with Crippen molar-refractivity contribution < 1.29 is 9.47 Å². The molecule has 5 rings (SSSR count). The molecule has 27 heavy (non-hydrogen) atoms. The molecule has 3 aromatic rings. The lowest BCUT2D eigenvalue weighted by Gasteiger charge is -2.36. The summed E-state index contributed by atoms with van der Waals surface area (Å²) in [7, 11) is 3.13. The van der Waals surface area contributed by atoms with Crippen molar-refractivity contribution >= 4 is 11.3 Å². The van der Waals surface area contributed by atoms with Crippen LogP contribution in [0.2, 0.25) is 0 Å². The van der Waals surface area contributed by atoms with Crippen LogP contribution in [0.4, 0.5) is 5.69 Å². The van der Waals surface area contributed by atoms with Crippen LogP contribution in [-0.2, 0) is 0 Å². The zero-order valence-corrected chi connectivity index (χ0v) is 15.5. The van der Waals surface area contributed by atoms with Gasteiger partial charge in [0, 0.05) is 30.7 Å². The molecule has 2 unspecified atom stereocenters. The highest BCUT2D eigenvalue weighted by atomic mass is 16.5. The maximum atomic E-state index is 5.47. The summed E-state index contributed by atoms with van der Waals surface area (Å²) >= 11 is 0. The number of fused-ring (bicyclic) bond motifs is 3. The number of hydrogen-bond donors (Lipinski definition) is 0. The van der Waals surface area contributed by atoms with Gasteiger partial charge in [-0.1, -0.05) is 0 Å². The SMILES string of the molecule is COc1ncc(-c2cc(N3C4CCCC3CC4)c3nccn3n2)c(OC)n1. The molecule has 0 amide bonds. The molecule has 140 valence electrons. The van der Waals surface area contributed by atoms with Crippen molar-refractivity contribution in [3.05, 3.63) is 24.7 Å². The second-order valence-electron chi connectivity index (χ2n) is 7.11. The second kappa shape index (κ2) is 6.37. The molecule has 2 aliphatic rings. The van der Waals surface area contributed by atoms with Crippen LogP contribution < -0.4 is 14.4 Å². The highest BCUT2D eigenvalue weighted by Gasteiger charge is 2.38. The van der Waals surface area contributed by atoms with E-state index in [9.17, 15) is 0 Å². The Morgan fingerprint density at radius 2 is 1.85 bits per heavy atom. The van der Waals surface area contributed by atoms with Gasteiger partial charge >= 0.3 is 6.01 Å². The zero-order chi connectivity index (χ0) is 18.4. The summed E-state index contributed by atoms with van der Waals surface area (Å²) in [5.74, 6) is 0.446. The van der Waals surface area contributed by atoms with Crippen molar-refractivity contribution in [2.45, 2.75) is 44.2 Å². The number of rotatable bonds is 4. The summed E-state index contributed by atoms with van der Waals surface area (Å²) in [6.07, 6.45) is 11.7. The van der Waals surface area contributed by atoms with Crippen molar-refractivity contribution in [1.29, 1.82) is 0 Å². The van der Waals surface area contributed by atoms with Crippen LogP contribution in [0, 0.1) is 0 Å². The Kier molecular flexibility index (Phi) is 3.84. The fraction of sp³-hybridized carbons (Fsp3) is 0.474. The Balaban J connectivity index is 1.67. The molecule has 0 radical (unpaired) electrons. The van der Waals surface area contributed by atoms with Crippen molar-refractivity contribution in [3.8, 4) is 23.1 Å². The smallest absolute Gasteiger partial charge is 0.319 e. The van der Waals surface area contributed by atoms with E-state index in [0.717, 1.165) is 22.6 Å². The summed E-state index contributed by atoms with van der Waals surface area (Å²) in [6.45, 7) is 0. The monoisotopic (exact) mass is 366 g/mol. The number of hydrogen-bond acceptors (Lipinski definition) is 7. The Hall–Kier alpha value is -2.90. The van der Waals surface area contributed by atoms with Gasteiger partial charge in [-0.05, 0) is 38.2 Å². The molecule has 3 aromatic heterocycles. The van der Waals surface area contributed by atoms with Gasteiger partial charge in [-0.3, -0.25) is 0 Å². The van der Waals surface area contributed by atoms with Gasteiger partial charge in [0.05, 0.1) is 25.5 Å². The maximum Gasteiger partial charge on any atom is 0.319 e. The summed E-state index contributed by atoms with van der Waals surface area (Å²) in [6, 6.07) is 3.56. The molecule has 0 saturated carbocycles. The van der Waals surface area contributed by atoms with E-state index in [2.05, 4.69) is 25.9 Å². The molecule has 0 spiro atoms. The highest BCUT2D eigenvalue weighted by Crippen LogP contribution is 2.41. The first-order valence-electron chi connectivity index (χ1n) is 9.36. The van der Waals surface area contributed by atoms with E-state index in [1.54, 1.807) is 19.5 Å². The van der Waals surface area contributed by atoms with Gasteiger partial charge in [0.2, 0.25) is 5.88 Å². The molecule has 2 atom stereocenters. The minimum absolute atomic E-state index is 0.272. The lowest BCUT2D eigenvalue weighted by Crippen LogP contribution is -2.40. The molecule has 2 bridgehead atoms. The number of anilines is 1. The fourth-order valence-electron chi connectivity index (χ4n) is 4.51. The predicted molar refractivity (Wildman–Crippen MR) is 100 cm³/mol. The molecule has 8 heteroatoms. The predicted octanol–water partition coefficient (Wildman–Crippen LogP) is 2.72. The summed E-state index contributed by atoms with van der Waals surface area (Å²) in [4.78, 5) is 15.7. The molecular formula is C19H22N6O2. The average molecular weight is 366 g/mol. The topological polar surface area (TPSA) is 77.7 Å². The second-order valence-corrected chi connectivity index (χ2v) is 7.11. The third-order valence-corrected chi connectivity index (χ3v) is 5.70. The van der Waals surface area contributed by atoms with Crippen LogP contribution in [0.1, 0.15) is 32.1 Å². The van der Waals surface area contributed by atoms with Gasteiger partial charge in [-0.2, -0.15) is 10.1 Å². The van der Waals surface area contributed by atoms with Crippen LogP contribution in [0.25, 0.3) is 16.9 Å². The van der Waals surface area contributed by atoms with Crippen molar-refractivity contribution in [2.75, 3.05) is 19.1 Å². The third kappa shape index (κ3) is 2.58. The minimum atomic E-state index is 0.272. The Labute approximate surface area is 157 Å². The van der Waals surface area contributed by atoms with Crippen molar-refractivity contribution in [1.82, 2.24) is 24.6 Å². The van der Waals surface area contributed by atoms with Gasteiger partial charge < -0.3 is 14.4 Å². The number of nitrogens with zero attached hydrogens (tertiary/aromatic N) is 6.